The van der Waals surface area contributed by atoms with Crippen molar-refractivity contribution in [2.24, 2.45) is 0 Å². The molecule has 140 valence electrons. The third-order valence-corrected chi connectivity index (χ3v) is 5.26. The predicted molar refractivity (Wildman–Crippen MR) is 105 cm³/mol. The van der Waals surface area contributed by atoms with Crippen molar-refractivity contribution in [3.05, 3.63) is 48.7 Å². The summed E-state index contributed by atoms with van der Waals surface area (Å²) in [4.78, 5) is 18.0. The quantitative estimate of drug-likeness (QED) is 0.703. The molecule has 0 saturated carbocycles. The first-order chi connectivity index (χ1) is 13.0. The molecule has 0 bridgehead atoms. The van der Waals surface area contributed by atoms with E-state index in [0.717, 1.165) is 27.4 Å². The number of ether oxygens (including phenoxy) is 1. The van der Waals surface area contributed by atoms with Crippen LogP contribution in [0.1, 0.15) is 12.0 Å². The monoisotopic (exact) mass is 365 g/mol. The van der Waals surface area contributed by atoms with Gasteiger partial charge in [-0.3, -0.25) is 9.69 Å². The number of carboxylic acids is 1. The van der Waals surface area contributed by atoms with Crippen LogP contribution in [0.2, 0.25) is 0 Å². The molecule has 3 heterocycles. The maximum atomic E-state index is 11.4. The van der Waals surface area contributed by atoms with Gasteiger partial charge in [0, 0.05) is 36.5 Å². The van der Waals surface area contributed by atoms with E-state index in [9.17, 15) is 9.90 Å². The maximum absolute atomic E-state index is 11.4. The third-order valence-electron chi connectivity index (χ3n) is 5.26. The molecule has 1 aliphatic rings. The highest BCUT2D eigenvalue weighted by Gasteiger charge is 2.36. The number of pyridine rings is 1. The van der Waals surface area contributed by atoms with Gasteiger partial charge >= 0.3 is 5.97 Å². The zero-order valence-electron chi connectivity index (χ0n) is 15.6. The Kier molecular flexibility index (Phi) is 4.36. The zero-order chi connectivity index (χ0) is 19.1. The van der Waals surface area contributed by atoms with E-state index >= 15 is 0 Å². The number of allylic oxidation sites excluding steroid dienone is 1. The van der Waals surface area contributed by atoms with Crippen molar-refractivity contribution in [3.8, 4) is 5.88 Å². The molecular weight excluding hydrogens is 342 g/mol. The molecule has 0 unspecified atom stereocenters. The van der Waals surface area contributed by atoms with Crippen molar-refractivity contribution in [2.75, 3.05) is 13.6 Å². The lowest BCUT2D eigenvalue weighted by Gasteiger charge is -2.16. The minimum absolute atomic E-state index is 0.208. The first kappa shape index (κ1) is 17.5. The van der Waals surface area contributed by atoms with Crippen LogP contribution in [0.25, 0.3) is 21.8 Å². The van der Waals surface area contributed by atoms with Gasteiger partial charge in [0.25, 0.3) is 0 Å². The number of carboxylic acid groups (broad SMARTS) is 1. The largest absolute Gasteiger partial charge is 0.480 e. The fourth-order valence-electron chi connectivity index (χ4n) is 4.06. The molecule has 0 radical (unpaired) electrons. The number of aromatic nitrogens is 2. The Labute approximate surface area is 157 Å². The van der Waals surface area contributed by atoms with Gasteiger partial charge in [-0.05, 0) is 25.6 Å². The van der Waals surface area contributed by atoms with Crippen LogP contribution in [-0.4, -0.2) is 51.3 Å². The second-order valence-corrected chi connectivity index (χ2v) is 7.18. The topological polar surface area (TPSA) is 67.6 Å². The lowest BCUT2D eigenvalue weighted by molar-refractivity contribution is -0.141. The fourth-order valence-corrected chi connectivity index (χ4v) is 4.06. The van der Waals surface area contributed by atoms with Crippen molar-refractivity contribution in [1.82, 2.24) is 14.5 Å². The Bertz CT molecular complexity index is 1040. The molecule has 27 heavy (non-hydrogen) atoms. The Balaban J connectivity index is 1.83. The molecule has 1 saturated heterocycles. The molecule has 1 fully saturated rings. The molecule has 2 atom stereocenters. The number of aryl methyl sites for hydroxylation is 1. The molecule has 3 aromatic rings. The Morgan fingerprint density at radius 1 is 1.44 bits per heavy atom. The van der Waals surface area contributed by atoms with Crippen LogP contribution >= 0.6 is 0 Å². The molecule has 4 rings (SSSR count). The van der Waals surface area contributed by atoms with Crippen LogP contribution in [0.4, 0.5) is 0 Å². The summed E-state index contributed by atoms with van der Waals surface area (Å²) in [7, 11) is 1.82. The summed E-state index contributed by atoms with van der Waals surface area (Å²) >= 11 is 0. The SMILES string of the molecule is C=CCn1cc(C)c2c3ccccc3nc(O[C@@H]3C[C@@H](C(=O)O)N(C)C3)c21. The number of rotatable bonds is 5. The van der Waals surface area contributed by atoms with E-state index in [4.69, 9.17) is 9.72 Å². The number of para-hydroxylation sites is 1. The second kappa shape index (κ2) is 6.70. The number of hydrogen-bond donors (Lipinski definition) is 1. The second-order valence-electron chi connectivity index (χ2n) is 7.18. The minimum atomic E-state index is -0.814. The smallest absolute Gasteiger partial charge is 0.321 e. The number of nitrogens with zero attached hydrogens (tertiary/aromatic N) is 3. The molecule has 2 aromatic heterocycles. The van der Waals surface area contributed by atoms with Crippen LogP contribution in [0.5, 0.6) is 5.88 Å². The number of hydrogen-bond acceptors (Lipinski definition) is 4. The summed E-state index contributed by atoms with van der Waals surface area (Å²) in [6.07, 6.45) is 4.18. The molecule has 6 heteroatoms. The zero-order valence-corrected chi connectivity index (χ0v) is 15.6. The summed E-state index contributed by atoms with van der Waals surface area (Å²) < 4.78 is 8.37. The van der Waals surface area contributed by atoms with Gasteiger partial charge < -0.3 is 14.4 Å². The van der Waals surface area contributed by atoms with Gasteiger partial charge in [0.1, 0.15) is 17.7 Å². The van der Waals surface area contributed by atoms with Gasteiger partial charge in [0.15, 0.2) is 0 Å². The first-order valence-electron chi connectivity index (χ1n) is 9.08. The maximum Gasteiger partial charge on any atom is 0.321 e. The van der Waals surface area contributed by atoms with E-state index in [1.807, 2.05) is 36.2 Å². The van der Waals surface area contributed by atoms with Crippen molar-refractivity contribution in [3.63, 3.8) is 0 Å². The molecule has 6 nitrogen and oxygen atoms in total. The van der Waals surface area contributed by atoms with Gasteiger partial charge in [0.05, 0.1) is 5.52 Å². The number of likely N-dealkylation sites (tertiary alicyclic amines) is 1. The van der Waals surface area contributed by atoms with Gasteiger partial charge in [-0.1, -0.05) is 24.3 Å². The normalized spacial score (nSPS) is 20.4. The van der Waals surface area contributed by atoms with Gasteiger partial charge in [-0.25, -0.2) is 4.98 Å². The lowest BCUT2D eigenvalue weighted by Crippen LogP contribution is -2.32. The summed E-state index contributed by atoms with van der Waals surface area (Å²) in [6.45, 7) is 7.16. The molecular formula is C21H23N3O3. The van der Waals surface area contributed by atoms with Crippen molar-refractivity contribution < 1.29 is 14.6 Å². The molecule has 1 N–H and O–H groups in total. The van der Waals surface area contributed by atoms with Crippen LogP contribution in [0, 0.1) is 6.92 Å². The molecule has 0 amide bonds. The highest BCUT2D eigenvalue weighted by molar-refractivity contribution is 6.08. The lowest BCUT2D eigenvalue weighted by atomic mass is 10.1. The van der Waals surface area contributed by atoms with Gasteiger partial charge in [0.2, 0.25) is 5.88 Å². The van der Waals surface area contributed by atoms with Crippen LogP contribution in [-0.2, 0) is 11.3 Å². The Hall–Kier alpha value is -2.86. The number of likely N-dealkylation sites (N-methyl/N-ethyl adjacent to an activating group) is 1. The summed E-state index contributed by atoms with van der Waals surface area (Å²) in [5, 5.41) is 11.6. The molecule has 1 aliphatic heterocycles. The third kappa shape index (κ3) is 2.96. The summed E-state index contributed by atoms with van der Waals surface area (Å²) in [6, 6.07) is 7.51. The number of benzene rings is 1. The molecule has 1 aromatic carbocycles. The highest BCUT2D eigenvalue weighted by Crippen LogP contribution is 2.35. The van der Waals surface area contributed by atoms with E-state index in [0.29, 0.717) is 25.4 Å². The first-order valence-corrected chi connectivity index (χ1v) is 9.08. The predicted octanol–water partition coefficient (Wildman–Crippen LogP) is 3.22. The average Bonchev–Trinajstić information content (AvgIpc) is 3.16. The van der Waals surface area contributed by atoms with Crippen molar-refractivity contribution >= 4 is 27.8 Å². The summed E-state index contributed by atoms with van der Waals surface area (Å²) in [5.74, 6) is -0.255. The van der Waals surface area contributed by atoms with E-state index in [1.165, 1.54) is 0 Å². The Morgan fingerprint density at radius 2 is 2.22 bits per heavy atom. The van der Waals surface area contributed by atoms with E-state index in [1.54, 1.807) is 0 Å². The van der Waals surface area contributed by atoms with Crippen LogP contribution in [0.15, 0.2) is 43.1 Å². The molecule has 0 spiro atoms. The van der Waals surface area contributed by atoms with Crippen LogP contribution in [0.3, 0.4) is 0 Å². The van der Waals surface area contributed by atoms with E-state index in [2.05, 4.69) is 30.3 Å². The number of fused-ring (bicyclic) bond motifs is 3. The number of aliphatic carboxylic acids is 1. The Morgan fingerprint density at radius 3 is 2.93 bits per heavy atom. The molecule has 0 aliphatic carbocycles. The fraction of sp³-hybridized carbons (Fsp3) is 0.333. The van der Waals surface area contributed by atoms with E-state index in [-0.39, 0.29) is 6.10 Å². The van der Waals surface area contributed by atoms with Crippen molar-refractivity contribution in [2.45, 2.75) is 32.0 Å². The van der Waals surface area contributed by atoms with Gasteiger partial charge in [-0.15, -0.1) is 6.58 Å². The summed E-state index contributed by atoms with van der Waals surface area (Å²) in [5.41, 5.74) is 2.97. The number of carbonyl (C=O) groups is 1. The van der Waals surface area contributed by atoms with Crippen molar-refractivity contribution in [1.29, 1.82) is 0 Å². The standard InChI is InChI=1S/C21H23N3O3/c1-4-9-24-11-13(2)18-15-7-5-6-8-16(15)22-20(19(18)24)27-14-10-17(21(25)26)23(3)12-14/h4-8,11,14,17H,1,9-10,12H2,2-3H3,(H,25,26)/t14-,17+/m1/s1. The average molecular weight is 365 g/mol. The highest BCUT2D eigenvalue weighted by atomic mass is 16.5. The minimum Gasteiger partial charge on any atom is -0.480 e. The van der Waals surface area contributed by atoms with Gasteiger partial charge in [-0.2, -0.15) is 0 Å². The van der Waals surface area contributed by atoms with E-state index < -0.39 is 12.0 Å². The van der Waals surface area contributed by atoms with Crippen LogP contribution < -0.4 is 4.74 Å².